The standard InChI is InChI=1S/C20H20N2O7/c1-4-27-19(25)17-11(2)18(21-12(17)3)14(23)10-28-16(24)9-22-13-7-5-6-8-15(13)29-20(22)26/h5-8,21H,4,9-10H2,1-3H3. The molecular formula is C20H20N2O7. The second-order valence-electron chi connectivity index (χ2n) is 6.35. The van der Waals surface area contributed by atoms with Gasteiger partial charge in [-0.15, -0.1) is 0 Å². The molecule has 0 amide bonds. The number of Topliss-reactive ketones (excluding diaryl/α,β-unsaturated/α-hetero) is 1. The number of H-pyrrole nitrogens is 1. The average molecular weight is 400 g/mol. The summed E-state index contributed by atoms with van der Waals surface area (Å²) in [6, 6.07) is 6.66. The number of carbonyl (C=O) groups is 3. The Balaban J connectivity index is 1.68. The zero-order chi connectivity index (χ0) is 21.1. The molecule has 9 heteroatoms. The maximum absolute atomic E-state index is 12.5. The monoisotopic (exact) mass is 400 g/mol. The van der Waals surface area contributed by atoms with Gasteiger partial charge in [-0.2, -0.15) is 0 Å². The number of nitrogens with zero attached hydrogens (tertiary/aromatic N) is 1. The van der Waals surface area contributed by atoms with Gasteiger partial charge >= 0.3 is 17.7 Å². The van der Waals surface area contributed by atoms with Crippen LogP contribution >= 0.6 is 0 Å². The predicted molar refractivity (Wildman–Crippen MR) is 102 cm³/mol. The second-order valence-corrected chi connectivity index (χ2v) is 6.35. The van der Waals surface area contributed by atoms with Crippen LogP contribution in [0, 0.1) is 13.8 Å². The Bertz CT molecular complexity index is 1150. The van der Waals surface area contributed by atoms with Gasteiger partial charge in [0.05, 0.1) is 23.4 Å². The van der Waals surface area contributed by atoms with Crippen LogP contribution in [0.1, 0.15) is 39.0 Å². The summed E-state index contributed by atoms with van der Waals surface area (Å²) in [4.78, 5) is 51.4. The highest BCUT2D eigenvalue weighted by atomic mass is 16.5. The largest absolute Gasteiger partial charge is 0.462 e. The fourth-order valence-electron chi connectivity index (χ4n) is 3.09. The third-order valence-corrected chi connectivity index (χ3v) is 4.42. The van der Waals surface area contributed by atoms with Crippen LogP contribution in [0.15, 0.2) is 33.5 Å². The molecule has 29 heavy (non-hydrogen) atoms. The van der Waals surface area contributed by atoms with Gasteiger partial charge < -0.3 is 18.9 Å². The summed E-state index contributed by atoms with van der Waals surface area (Å²) in [7, 11) is 0. The first kappa shape index (κ1) is 20.1. The number of esters is 2. The van der Waals surface area contributed by atoms with Crippen LogP contribution in [0.2, 0.25) is 0 Å². The summed E-state index contributed by atoms with van der Waals surface area (Å²) < 4.78 is 16.2. The lowest BCUT2D eigenvalue weighted by atomic mass is 10.1. The second kappa shape index (κ2) is 8.17. The predicted octanol–water partition coefficient (Wildman–Crippen LogP) is 2.14. The zero-order valence-corrected chi connectivity index (χ0v) is 16.2. The van der Waals surface area contributed by atoms with E-state index in [2.05, 4.69) is 4.98 Å². The molecule has 0 unspecified atom stereocenters. The summed E-state index contributed by atoms with van der Waals surface area (Å²) in [5.41, 5.74) is 2.19. The number of ether oxygens (including phenoxy) is 2. The summed E-state index contributed by atoms with van der Waals surface area (Å²) in [5.74, 6) is -2.48. The van der Waals surface area contributed by atoms with Crippen molar-refractivity contribution < 1.29 is 28.3 Å². The van der Waals surface area contributed by atoms with E-state index in [1.807, 2.05) is 0 Å². The number of aryl methyl sites for hydroxylation is 1. The van der Waals surface area contributed by atoms with Gasteiger partial charge in [-0.3, -0.25) is 14.2 Å². The maximum Gasteiger partial charge on any atom is 0.420 e. The SMILES string of the molecule is CCOC(=O)c1c(C)[nH]c(C(=O)COC(=O)Cn2c(=O)oc3ccccc32)c1C. The van der Waals surface area contributed by atoms with E-state index < -0.39 is 30.1 Å². The van der Waals surface area contributed by atoms with Crippen molar-refractivity contribution in [3.05, 3.63) is 57.3 Å². The minimum atomic E-state index is -0.765. The van der Waals surface area contributed by atoms with E-state index in [4.69, 9.17) is 13.9 Å². The Morgan fingerprint density at radius 2 is 1.86 bits per heavy atom. The van der Waals surface area contributed by atoms with Crippen LogP contribution in [-0.2, 0) is 20.8 Å². The molecular weight excluding hydrogens is 380 g/mol. The lowest BCUT2D eigenvalue weighted by Crippen LogP contribution is -2.24. The molecule has 1 N–H and O–H groups in total. The summed E-state index contributed by atoms with van der Waals surface area (Å²) in [6.45, 7) is 4.24. The number of aromatic amines is 1. The lowest BCUT2D eigenvalue weighted by Gasteiger charge is -2.05. The quantitative estimate of drug-likeness (QED) is 0.476. The Hall–Kier alpha value is -3.62. The fraction of sp³-hybridized carbons (Fsp3) is 0.300. The first-order chi connectivity index (χ1) is 13.8. The average Bonchev–Trinajstić information content (AvgIpc) is 3.16. The van der Waals surface area contributed by atoms with E-state index in [-0.39, 0.29) is 24.4 Å². The molecule has 0 saturated carbocycles. The lowest BCUT2D eigenvalue weighted by molar-refractivity contribution is -0.143. The summed E-state index contributed by atoms with van der Waals surface area (Å²) in [6.07, 6.45) is 0. The van der Waals surface area contributed by atoms with Crippen molar-refractivity contribution in [1.29, 1.82) is 0 Å². The van der Waals surface area contributed by atoms with E-state index in [9.17, 15) is 19.2 Å². The van der Waals surface area contributed by atoms with Crippen molar-refractivity contribution in [3.63, 3.8) is 0 Å². The smallest absolute Gasteiger partial charge is 0.420 e. The number of oxazole rings is 1. The molecule has 0 fully saturated rings. The van der Waals surface area contributed by atoms with Gasteiger partial charge in [0.25, 0.3) is 0 Å². The van der Waals surface area contributed by atoms with Gasteiger partial charge in [0.15, 0.2) is 12.2 Å². The molecule has 0 saturated heterocycles. The summed E-state index contributed by atoms with van der Waals surface area (Å²) >= 11 is 0. The molecule has 2 heterocycles. The van der Waals surface area contributed by atoms with E-state index in [1.54, 1.807) is 45.0 Å². The molecule has 0 bridgehead atoms. The van der Waals surface area contributed by atoms with Crippen LogP contribution in [-0.4, -0.2) is 40.5 Å². The van der Waals surface area contributed by atoms with Crippen molar-refractivity contribution in [2.24, 2.45) is 0 Å². The molecule has 1 aromatic carbocycles. The van der Waals surface area contributed by atoms with Crippen molar-refractivity contribution in [1.82, 2.24) is 9.55 Å². The third kappa shape index (κ3) is 3.98. The topological polar surface area (TPSA) is 121 Å². The molecule has 0 aliphatic carbocycles. The first-order valence-corrected chi connectivity index (χ1v) is 8.97. The molecule has 152 valence electrons. The number of benzene rings is 1. The molecule has 0 atom stereocenters. The number of carbonyl (C=O) groups excluding carboxylic acids is 3. The molecule has 3 rings (SSSR count). The van der Waals surface area contributed by atoms with Crippen molar-refractivity contribution in [2.75, 3.05) is 13.2 Å². The number of nitrogens with one attached hydrogen (secondary N) is 1. The number of fused-ring (bicyclic) bond motifs is 1. The van der Waals surface area contributed by atoms with Crippen LogP contribution in [0.25, 0.3) is 11.1 Å². The number of aromatic nitrogens is 2. The van der Waals surface area contributed by atoms with Crippen LogP contribution in [0.4, 0.5) is 0 Å². The molecule has 2 aromatic heterocycles. The Morgan fingerprint density at radius 3 is 2.59 bits per heavy atom. The molecule has 0 radical (unpaired) electrons. The molecule has 0 aliphatic heterocycles. The Labute approximate surface area is 165 Å². The summed E-state index contributed by atoms with van der Waals surface area (Å²) in [5, 5.41) is 0. The fourth-order valence-corrected chi connectivity index (χ4v) is 3.09. The number of hydrogen-bond acceptors (Lipinski definition) is 7. The highest BCUT2D eigenvalue weighted by Gasteiger charge is 2.23. The van der Waals surface area contributed by atoms with Crippen LogP contribution in [0.5, 0.6) is 0 Å². The van der Waals surface area contributed by atoms with Crippen LogP contribution in [0.3, 0.4) is 0 Å². The van der Waals surface area contributed by atoms with E-state index >= 15 is 0 Å². The molecule has 0 spiro atoms. The van der Waals surface area contributed by atoms with Gasteiger partial charge in [-0.05, 0) is 38.5 Å². The molecule has 0 aliphatic rings. The van der Waals surface area contributed by atoms with Gasteiger partial charge in [-0.1, -0.05) is 12.1 Å². The number of hydrogen-bond donors (Lipinski definition) is 1. The van der Waals surface area contributed by atoms with Gasteiger partial charge in [0, 0.05) is 5.69 Å². The van der Waals surface area contributed by atoms with Crippen LogP contribution < -0.4 is 5.76 Å². The number of para-hydroxylation sites is 2. The minimum Gasteiger partial charge on any atom is -0.462 e. The van der Waals surface area contributed by atoms with Gasteiger partial charge in [0.2, 0.25) is 5.78 Å². The molecule has 3 aromatic rings. The first-order valence-electron chi connectivity index (χ1n) is 8.97. The maximum atomic E-state index is 12.5. The number of ketones is 1. The zero-order valence-electron chi connectivity index (χ0n) is 16.2. The van der Waals surface area contributed by atoms with Gasteiger partial charge in [0.1, 0.15) is 6.54 Å². The van der Waals surface area contributed by atoms with E-state index in [0.29, 0.717) is 22.4 Å². The van der Waals surface area contributed by atoms with Crippen molar-refractivity contribution in [3.8, 4) is 0 Å². The highest BCUT2D eigenvalue weighted by Crippen LogP contribution is 2.19. The van der Waals surface area contributed by atoms with E-state index in [1.165, 1.54) is 0 Å². The van der Waals surface area contributed by atoms with E-state index in [0.717, 1.165) is 4.57 Å². The normalized spacial score (nSPS) is 10.9. The minimum absolute atomic E-state index is 0.171. The third-order valence-electron chi connectivity index (χ3n) is 4.42. The highest BCUT2D eigenvalue weighted by molar-refractivity contribution is 6.02. The van der Waals surface area contributed by atoms with Crippen molar-refractivity contribution in [2.45, 2.75) is 27.3 Å². The number of rotatable bonds is 7. The Kier molecular flexibility index (Phi) is 5.67. The van der Waals surface area contributed by atoms with Crippen molar-refractivity contribution >= 4 is 28.8 Å². The Morgan fingerprint density at radius 1 is 1.14 bits per heavy atom. The van der Waals surface area contributed by atoms with Gasteiger partial charge in [-0.25, -0.2) is 9.59 Å². The molecule has 9 nitrogen and oxygen atoms in total.